The largest absolute Gasteiger partial charge is 0.309 e. The van der Waals surface area contributed by atoms with E-state index in [0.29, 0.717) is 5.92 Å². The quantitative estimate of drug-likeness (QED) is 0.216. The predicted octanol–water partition coefficient (Wildman–Crippen LogP) is 10.6. The third-order valence-corrected chi connectivity index (χ3v) is 8.31. The van der Waals surface area contributed by atoms with Gasteiger partial charge in [-0.1, -0.05) is 128 Å². The molecule has 0 saturated carbocycles. The molecular weight excluding hydrogens is 482 g/mol. The van der Waals surface area contributed by atoms with Crippen LogP contribution in [0.15, 0.2) is 146 Å². The van der Waals surface area contributed by atoms with Crippen LogP contribution in [0, 0.1) is 6.92 Å². The average Bonchev–Trinajstić information content (AvgIpc) is 3.36. The third kappa shape index (κ3) is 4.12. The first-order valence-corrected chi connectivity index (χ1v) is 14.0. The van der Waals surface area contributed by atoms with Gasteiger partial charge in [0.1, 0.15) is 0 Å². The molecule has 192 valence electrons. The Kier molecular flexibility index (Phi) is 6.06. The van der Waals surface area contributed by atoms with Gasteiger partial charge >= 0.3 is 0 Å². The lowest BCUT2D eigenvalue weighted by Crippen LogP contribution is -1.99. The fourth-order valence-corrected chi connectivity index (χ4v) is 6.14. The Morgan fingerprint density at radius 3 is 1.60 bits per heavy atom. The minimum Gasteiger partial charge on any atom is -0.309 e. The molecule has 1 nitrogen and oxygen atoms in total. The molecule has 0 N–H and O–H groups in total. The van der Waals surface area contributed by atoms with Gasteiger partial charge in [-0.2, -0.15) is 0 Å². The zero-order valence-electron chi connectivity index (χ0n) is 22.9. The van der Waals surface area contributed by atoms with E-state index in [1.807, 2.05) is 0 Å². The minimum absolute atomic E-state index is 0.294. The first-order chi connectivity index (χ1) is 19.7. The van der Waals surface area contributed by atoms with Crippen LogP contribution in [-0.2, 0) is 0 Å². The molecular formula is C39H31N. The summed E-state index contributed by atoms with van der Waals surface area (Å²) in [6.45, 7) is 4.50. The summed E-state index contributed by atoms with van der Waals surface area (Å²) >= 11 is 0. The highest BCUT2D eigenvalue weighted by atomic mass is 15.0. The number of aromatic nitrogens is 1. The SMILES string of the molecule is Cc1ccccc1-c1ccccc1C(C)c1ccc(-c2ccc(-n3c4ccccc4c4ccccc43)cc2)cc1. The summed E-state index contributed by atoms with van der Waals surface area (Å²) in [6, 6.07) is 52.9. The van der Waals surface area contributed by atoms with E-state index in [-0.39, 0.29) is 0 Å². The molecule has 0 bridgehead atoms. The van der Waals surface area contributed by atoms with E-state index < -0.39 is 0 Å². The van der Waals surface area contributed by atoms with E-state index in [0.717, 1.165) is 0 Å². The van der Waals surface area contributed by atoms with Crippen LogP contribution >= 0.6 is 0 Å². The van der Waals surface area contributed by atoms with Crippen molar-refractivity contribution < 1.29 is 0 Å². The topological polar surface area (TPSA) is 4.93 Å². The molecule has 0 saturated heterocycles. The Morgan fingerprint density at radius 1 is 0.475 bits per heavy atom. The molecule has 1 aromatic heterocycles. The van der Waals surface area contributed by atoms with Gasteiger partial charge in [0, 0.05) is 22.4 Å². The van der Waals surface area contributed by atoms with Crippen molar-refractivity contribution in [2.45, 2.75) is 19.8 Å². The van der Waals surface area contributed by atoms with Crippen LogP contribution in [0.5, 0.6) is 0 Å². The normalized spacial score (nSPS) is 12.2. The summed E-state index contributed by atoms with van der Waals surface area (Å²) in [4.78, 5) is 0. The van der Waals surface area contributed by atoms with E-state index in [1.54, 1.807) is 0 Å². The molecule has 1 heterocycles. The Morgan fingerprint density at radius 2 is 0.975 bits per heavy atom. The molecule has 0 fully saturated rings. The van der Waals surface area contributed by atoms with Crippen molar-refractivity contribution >= 4 is 21.8 Å². The highest BCUT2D eigenvalue weighted by Gasteiger charge is 2.15. The summed E-state index contributed by atoms with van der Waals surface area (Å²) in [7, 11) is 0. The van der Waals surface area contributed by atoms with Crippen molar-refractivity contribution in [2.24, 2.45) is 0 Å². The van der Waals surface area contributed by atoms with Crippen molar-refractivity contribution in [1.82, 2.24) is 4.57 Å². The van der Waals surface area contributed by atoms with Crippen LogP contribution < -0.4 is 0 Å². The number of aryl methyl sites for hydroxylation is 1. The fourth-order valence-electron chi connectivity index (χ4n) is 6.14. The van der Waals surface area contributed by atoms with Gasteiger partial charge in [0.25, 0.3) is 0 Å². The average molecular weight is 514 g/mol. The Labute approximate surface area is 236 Å². The lowest BCUT2D eigenvalue weighted by atomic mass is 9.85. The van der Waals surface area contributed by atoms with E-state index >= 15 is 0 Å². The first-order valence-electron chi connectivity index (χ1n) is 14.0. The monoisotopic (exact) mass is 513 g/mol. The van der Waals surface area contributed by atoms with E-state index in [4.69, 9.17) is 0 Å². The van der Waals surface area contributed by atoms with Gasteiger partial charge in [0.15, 0.2) is 0 Å². The summed E-state index contributed by atoms with van der Waals surface area (Å²) in [5.41, 5.74) is 12.7. The van der Waals surface area contributed by atoms with Crippen LogP contribution in [0.2, 0.25) is 0 Å². The number of nitrogens with zero attached hydrogens (tertiary/aromatic N) is 1. The Balaban J connectivity index is 1.20. The van der Waals surface area contributed by atoms with Crippen molar-refractivity contribution in [2.75, 3.05) is 0 Å². The van der Waals surface area contributed by atoms with Crippen LogP contribution in [0.4, 0.5) is 0 Å². The van der Waals surface area contributed by atoms with Gasteiger partial charge in [-0.05, 0) is 70.1 Å². The molecule has 1 heteroatoms. The number of para-hydroxylation sites is 2. The smallest absolute Gasteiger partial charge is 0.0541 e. The number of fused-ring (bicyclic) bond motifs is 3. The summed E-state index contributed by atoms with van der Waals surface area (Å²) in [5.74, 6) is 0.294. The summed E-state index contributed by atoms with van der Waals surface area (Å²) in [6.07, 6.45) is 0. The summed E-state index contributed by atoms with van der Waals surface area (Å²) < 4.78 is 2.37. The van der Waals surface area contributed by atoms with Crippen molar-refractivity contribution in [1.29, 1.82) is 0 Å². The Hall–Kier alpha value is -4.88. The number of rotatable bonds is 5. The Bertz CT molecular complexity index is 1900. The van der Waals surface area contributed by atoms with Crippen LogP contribution in [0.3, 0.4) is 0 Å². The lowest BCUT2D eigenvalue weighted by Gasteiger charge is -2.19. The molecule has 40 heavy (non-hydrogen) atoms. The van der Waals surface area contributed by atoms with E-state index in [9.17, 15) is 0 Å². The van der Waals surface area contributed by atoms with Gasteiger partial charge in [0.05, 0.1) is 11.0 Å². The first kappa shape index (κ1) is 24.2. The zero-order valence-corrected chi connectivity index (χ0v) is 22.9. The second-order valence-corrected chi connectivity index (χ2v) is 10.7. The third-order valence-electron chi connectivity index (χ3n) is 8.31. The molecule has 0 amide bonds. The zero-order chi connectivity index (χ0) is 27.1. The maximum absolute atomic E-state index is 2.37. The second kappa shape index (κ2) is 10.0. The van der Waals surface area contributed by atoms with Crippen LogP contribution in [-0.4, -0.2) is 4.57 Å². The number of hydrogen-bond acceptors (Lipinski definition) is 0. The van der Waals surface area contributed by atoms with Crippen molar-refractivity contribution in [3.8, 4) is 27.9 Å². The highest BCUT2D eigenvalue weighted by molar-refractivity contribution is 6.09. The van der Waals surface area contributed by atoms with Crippen molar-refractivity contribution in [3.05, 3.63) is 162 Å². The van der Waals surface area contributed by atoms with Gasteiger partial charge in [-0.3, -0.25) is 0 Å². The van der Waals surface area contributed by atoms with Gasteiger partial charge < -0.3 is 4.57 Å². The minimum atomic E-state index is 0.294. The van der Waals surface area contributed by atoms with Crippen molar-refractivity contribution in [3.63, 3.8) is 0 Å². The fraction of sp³-hybridized carbons (Fsp3) is 0.0769. The van der Waals surface area contributed by atoms with E-state index in [2.05, 4.69) is 164 Å². The molecule has 1 atom stereocenters. The molecule has 0 spiro atoms. The standard InChI is InChI=1S/C39H31N/c1-27-11-3-4-12-33(27)35-14-6-5-13-34(35)28(2)29-19-21-30(22-20-29)31-23-25-32(26-24-31)40-38-17-9-7-15-36(38)37-16-8-10-18-39(37)40/h3-26,28H,1-2H3. The van der Waals surface area contributed by atoms with E-state index in [1.165, 1.54) is 66.4 Å². The second-order valence-electron chi connectivity index (χ2n) is 10.7. The maximum atomic E-state index is 2.37. The molecule has 0 aliphatic carbocycles. The van der Waals surface area contributed by atoms with Crippen LogP contribution in [0.25, 0.3) is 49.7 Å². The molecule has 0 aliphatic heterocycles. The molecule has 7 aromatic rings. The predicted molar refractivity (Wildman–Crippen MR) is 170 cm³/mol. The molecule has 6 aromatic carbocycles. The maximum Gasteiger partial charge on any atom is 0.0541 e. The molecule has 0 radical (unpaired) electrons. The summed E-state index contributed by atoms with van der Waals surface area (Å²) in [5, 5.41) is 2.58. The highest BCUT2D eigenvalue weighted by Crippen LogP contribution is 2.36. The van der Waals surface area contributed by atoms with Gasteiger partial charge in [-0.25, -0.2) is 0 Å². The van der Waals surface area contributed by atoms with Gasteiger partial charge in [0.2, 0.25) is 0 Å². The molecule has 0 aliphatic rings. The number of benzene rings is 6. The molecule has 7 rings (SSSR count). The van der Waals surface area contributed by atoms with Gasteiger partial charge in [-0.15, -0.1) is 0 Å². The molecule has 1 unspecified atom stereocenters. The number of hydrogen-bond donors (Lipinski definition) is 0. The van der Waals surface area contributed by atoms with Crippen LogP contribution in [0.1, 0.15) is 29.5 Å². The lowest BCUT2D eigenvalue weighted by molar-refractivity contribution is 0.925.